The van der Waals surface area contributed by atoms with Gasteiger partial charge in [0.25, 0.3) is 0 Å². The van der Waals surface area contributed by atoms with Crippen molar-refractivity contribution in [1.29, 1.82) is 0 Å². The number of benzene rings is 1. The molecule has 1 aromatic carbocycles. The third-order valence-corrected chi connectivity index (χ3v) is 6.69. The maximum Gasteiger partial charge on any atom is 0.243 e. The third kappa shape index (κ3) is 3.12. The highest BCUT2D eigenvalue weighted by molar-refractivity contribution is 7.89. The number of hydrogen-bond acceptors (Lipinski definition) is 6. The summed E-state index contributed by atoms with van der Waals surface area (Å²) in [6.07, 6.45) is 2.52. The molecule has 8 heteroatoms. The van der Waals surface area contributed by atoms with Crippen molar-refractivity contribution in [1.82, 2.24) is 19.6 Å². The van der Waals surface area contributed by atoms with Crippen molar-refractivity contribution in [3.05, 3.63) is 47.9 Å². The molecular formula is C17H21N5O2S. The molecule has 2 aliphatic heterocycles. The van der Waals surface area contributed by atoms with Gasteiger partial charge in [0.15, 0.2) is 0 Å². The van der Waals surface area contributed by atoms with Gasteiger partial charge >= 0.3 is 0 Å². The summed E-state index contributed by atoms with van der Waals surface area (Å²) in [7, 11) is -3.42. The van der Waals surface area contributed by atoms with E-state index in [4.69, 9.17) is 0 Å². The predicted molar refractivity (Wildman–Crippen MR) is 94.9 cm³/mol. The summed E-state index contributed by atoms with van der Waals surface area (Å²) < 4.78 is 27.0. The number of hydrogen-bond donors (Lipinski definition) is 1. The third-order valence-electron chi connectivity index (χ3n) is 4.78. The fraction of sp³-hybridized carbons (Fsp3) is 0.412. The molecule has 3 heterocycles. The Balaban J connectivity index is 1.51. The Hall–Kier alpha value is -2.03. The monoisotopic (exact) mass is 359 g/mol. The molecule has 0 amide bonds. The van der Waals surface area contributed by atoms with Crippen molar-refractivity contribution in [2.45, 2.75) is 17.9 Å². The Bertz CT molecular complexity index is 849. The van der Waals surface area contributed by atoms with E-state index in [2.05, 4.69) is 20.2 Å². The van der Waals surface area contributed by atoms with Gasteiger partial charge in [-0.3, -0.25) is 0 Å². The number of piperazine rings is 1. The zero-order chi connectivity index (χ0) is 17.3. The molecular weight excluding hydrogens is 338 g/mol. The lowest BCUT2D eigenvalue weighted by Gasteiger charge is -2.36. The quantitative estimate of drug-likeness (QED) is 0.866. The van der Waals surface area contributed by atoms with E-state index in [0.29, 0.717) is 31.1 Å². The second-order valence-corrected chi connectivity index (χ2v) is 8.19. The lowest BCUT2D eigenvalue weighted by molar-refractivity contribution is 0.383. The van der Waals surface area contributed by atoms with E-state index in [0.717, 1.165) is 31.0 Å². The van der Waals surface area contributed by atoms with Crippen LogP contribution in [0.1, 0.15) is 11.3 Å². The fourth-order valence-corrected chi connectivity index (χ4v) is 4.86. The first-order valence-electron chi connectivity index (χ1n) is 8.50. The van der Waals surface area contributed by atoms with Crippen molar-refractivity contribution < 1.29 is 8.42 Å². The molecule has 1 fully saturated rings. The van der Waals surface area contributed by atoms with Crippen molar-refractivity contribution in [2.75, 3.05) is 37.6 Å². The minimum Gasteiger partial charge on any atom is -0.354 e. The van der Waals surface area contributed by atoms with Crippen LogP contribution in [-0.2, 0) is 23.0 Å². The first-order valence-corrected chi connectivity index (χ1v) is 9.94. The van der Waals surface area contributed by atoms with Gasteiger partial charge in [0.1, 0.15) is 12.1 Å². The molecule has 0 atom stereocenters. The van der Waals surface area contributed by atoms with Crippen molar-refractivity contribution in [2.24, 2.45) is 0 Å². The molecule has 1 aromatic heterocycles. The summed E-state index contributed by atoms with van der Waals surface area (Å²) in [5.41, 5.74) is 2.25. The summed E-state index contributed by atoms with van der Waals surface area (Å²) >= 11 is 0. The summed E-state index contributed by atoms with van der Waals surface area (Å²) in [4.78, 5) is 11.4. The van der Waals surface area contributed by atoms with Crippen molar-refractivity contribution in [3.63, 3.8) is 0 Å². The molecule has 0 spiro atoms. The van der Waals surface area contributed by atoms with Crippen LogP contribution in [0.5, 0.6) is 0 Å². The first kappa shape index (κ1) is 16.4. The molecule has 7 nitrogen and oxygen atoms in total. The largest absolute Gasteiger partial charge is 0.354 e. The normalized spacial score (nSPS) is 18.8. The Morgan fingerprint density at radius 2 is 1.76 bits per heavy atom. The smallest absolute Gasteiger partial charge is 0.243 e. The maximum absolute atomic E-state index is 12.7. The standard InChI is InChI=1S/C17H21N5O2S/c23-25(24,14-4-2-1-3-5-14)22-10-8-21(9-11-22)17-15-6-7-18-12-16(15)19-13-20-17/h1-5,13,18H,6-12H2. The molecule has 0 saturated carbocycles. The zero-order valence-electron chi connectivity index (χ0n) is 13.9. The number of nitrogens with zero attached hydrogens (tertiary/aromatic N) is 4. The van der Waals surface area contributed by atoms with Gasteiger partial charge in [-0.15, -0.1) is 0 Å². The van der Waals surface area contributed by atoms with Crippen LogP contribution in [0, 0.1) is 0 Å². The van der Waals surface area contributed by atoms with Gasteiger partial charge in [-0.25, -0.2) is 18.4 Å². The van der Waals surface area contributed by atoms with E-state index < -0.39 is 10.0 Å². The van der Waals surface area contributed by atoms with Gasteiger partial charge in [-0.1, -0.05) is 18.2 Å². The predicted octanol–water partition coefficient (Wildman–Crippen LogP) is 0.633. The molecule has 1 N–H and O–H groups in total. The van der Waals surface area contributed by atoms with E-state index in [1.807, 2.05) is 6.07 Å². The summed E-state index contributed by atoms with van der Waals surface area (Å²) in [6, 6.07) is 8.63. The van der Waals surface area contributed by atoms with E-state index >= 15 is 0 Å². The number of sulfonamides is 1. The van der Waals surface area contributed by atoms with Crippen LogP contribution >= 0.6 is 0 Å². The van der Waals surface area contributed by atoms with Gasteiger partial charge in [0.05, 0.1) is 10.6 Å². The lowest BCUT2D eigenvalue weighted by Crippen LogP contribution is -2.49. The number of rotatable bonds is 3. The van der Waals surface area contributed by atoms with Crippen LogP contribution in [0.3, 0.4) is 0 Å². The Kier molecular flexibility index (Phi) is 4.41. The highest BCUT2D eigenvalue weighted by Crippen LogP contribution is 2.25. The van der Waals surface area contributed by atoms with Gasteiger partial charge in [-0.05, 0) is 25.1 Å². The number of nitrogens with one attached hydrogen (secondary N) is 1. The molecule has 25 heavy (non-hydrogen) atoms. The number of fused-ring (bicyclic) bond motifs is 1. The van der Waals surface area contributed by atoms with Crippen LogP contribution in [0.2, 0.25) is 0 Å². The number of aromatic nitrogens is 2. The highest BCUT2D eigenvalue weighted by atomic mass is 32.2. The van der Waals surface area contributed by atoms with Gasteiger partial charge < -0.3 is 10.2 Å². The highest BCUT2D eigenvalue weighted by Gasteiger charge is 2.30. The molecule has 0 radical (unpaired) electrons. The molecule has 132 valence electrons. The second-order valence-electron chi connectivity index (χ2n) is 6.25. The van der Waals surface area contributed by atoms with Crippen molar-refractivity contribution in [3.8, 4) is 0 Å². The average Bonchev–Trinajstić information content (AvgIpc) is 2.68. The molecule has 0 aliphatic carbocycles. The van der Waals surface area contributed by atoms with Crippen LogP contribution in [-0.4, -0.2) is 55.4 Å². The molecule has 1 saturated heterocycles. The Morgan fingerprint density at radius 1 is 1.00 bits per heavy atom. The maximum atomic E-state index is 12.7. The lowest BCUT2D eigenvalue weighted by atomic mass is 10.1. The van der Waals surface area contributed by atoms with E-state index in [-0.39, 0.29) is 0 Å². The minimum absolute atomic E-state index is 0.355. The summed E-state index contributed by atoms with van der Waals surface area (Å²) in [6.45, 7) is 3.91. The van der Waals surface area contributed by atoms with Crippen LogP contribution in [0.25, 0.3) is 0 Å². The first-order chi connectivity index (χ1) is 12.2. The van der Waals surface area contributed by atoms with Gasteiger partial charge in [0, 0.05) is 38.3 Å². The topological polar surface area (TPSA) is 78.4 Å². The molecule has 0 bridgehead atoms. The van der Waals surface area contributed by atoms with E-state index in [1.54, 1.807) is 34.9 Å². The average molecular weight is 359 g/mol. The van der Waals surface area contributed by atoms with E-state index in [1.165, 1.54) is 5.56 Å². The summed E-state index contributed by atoms with van der Waals surface area (Å²) in [5, 5.41) is 3.32. The van der Waals surface area contributed by atoms with Crippen LogP contribution in [0.4, 0.5) is 5.82 Å². The minimum atomic E-state index is -3.42. The summed E-state index contributed by atoms with van der Waals surface area (Å²) in [5.74, 6) is 0.961. The van der Waals surface area contributed by atoms with Gasteiger partial charge in [-0.2, -0.15) is 4.31 Å². The fourth-order valence-electron chi connectivity index (χ4n) is 3.42. The molecule has 0 unspecified atom stereocenters. The van der Waals surface area contributed by atoms with Crippen molar-refractivity contribution >= 4 is 15.8 Å². The molecule has 4 rings (SSSR count). The Labute approximate surface area is 147 Å². The zero-order valence-corrected chi connectivity index (χ0v) is 14.7. The Morgan fingerprint density at radius 3 is 2.52 bits per heavy atom. The van der Waals surface area contributed by atoms with Gasteiger partial charge in [0.2, 0.25) is 10.0 Å². The van der Waals surface area contributed by atoms with E-state index in [9.17, 15) is 8.42 Å². The molecule has 2 aromatic rings. The second kappa shape index (κ2) is 6.70. The molecule has 2 aliphatic rings. The van der Waals surface area contributed by atoms with Crippen LogP contribution in [0.15, 0.2) is 41.6 Å². The number of anilines is 1. The van der Waals surface area contributed by atoms with Crippen LogP contribution < -0.4 is 10.2 Å². The SMILES string of the molecule is O=S(=O)(c1ccccc1)N1CCN(c2ncnc3c2CCNC3)CC1.